The molecule has 1 saturated heterocycles. The summed E-state index contributed by atoms with van der Waals surface area (Å²) in [4.78, 5) is 23.3. The molecule has 0 spiro atoms. The van der Waals surface area contributed by atoms with Gasteiger partial charge in [0.05, 0.1) is 0 Å². The zero-order chi connectivity index (χ0) is 12.5. The maximum atomic E-state index is 12.0. The quantitative estimate of drug-likeness (QED) is 0.810. The number of carbonyl (C=O) groups is 2. The van der Waals surface area contributed by atoms with Crippen LogP contribution in [0.4, 0.5) is 4.79 Å². The molecule has 5 heteroatoms. The minimum atomic E-state index is -0.948. The van der Waals surface area contributed by atoms with Crippen LogP contribution in [-0.4, -0.2) is 11.9 Å². The van der Waals surface area contributed by atoms with E-state index >= 15 is 0 Å². The van der Waals surface area contributed by atoms with Crippen molar-refractivity contribution in [3.63, 3.8) is 0 Å². The molecular weight excluding hydrogens is 240 g/mol. The van der Waals surface area contributed by atoms with Gasteiger partial charge in [-0.25, -0.2) is 4.79 Å². The summed E-state index contributed by atoms with van der Waals surface area (Å²) in [7, 11) is 0. The van der Waals surface area contributed by atoms with Crippen molar-refractivity contribution in [1.82, 2.24) is 10.6 Å². The number of imide groups is 1. The molecule has 4 nitrogen and oxygen atoms in total. The SMILES string of the molecule is CCCC1(c2ccc(Cl)cc2)NC(=O)NC1=O. The van der Waals surface area contributed by atoms with Crippen molar-refractivity contribution < 1.29 is 9.59 Å². The molecule has 0 saturated carbocycles. The lowest BCUT2D eigenvalue weighted by molar-refractivity contribution is -0.124. The summed E-state index contributed by atoms with van der Waals surface area (Å²) in [6.07, 6.45) is 1.35. The number of halogens is 1. The number of amides is 3. The van der Waals surface area contributed by atoms with Crippen LogP contribution in [0, 0.1) is 0 Å². The summed E-state index contributed by atoms with van der Waals surface area (Å²) in [5.41, 5.74) is -0.191. The molecule has 1 heterocycles. The van der Waals surface area contributed by atoms with Crippen LogP contribution in [0.15, 0.2) is 24.3 Å². The van der Waals surface area contributed by atoms with Crippen LogP contribution >= 0.6 is 11.6 Å². The Morgan fingerprint density at radius 3 is 2.35 bits per heavy atom. The third kappa shape index (κ3) is 2.00. The number of carbonyl (C=O) groups excluding carboxylic acids is 2. The molecule has 1 unspecified atom stereocenters. The molecule has 2 rings (SSSR count). The standard InChI is InChI=1S/C12H13ClN2O2/c1-2-7-12(10(16)14-11(17)15-12)8-3-5-9(13)6-4-8/h3-6H,2,7H2,1H3,(H2,14,15,16,17). The van der Waals surface area contributed by atoms with E-state index in [1.54, 1.807) is 24.3 Å². The average molecular weight is 253 g/mol. The molecule has 1 aliphatic rings. The first kappa shape index (κ1) is 11.9. The highest BCUT2D eigenvalue weighted by molar-refractivity contribution is 6.30. The van der Waals surface area contributed by atoms with Crippen LogP contribution in [0.5, 0.6) is 0 Å². The smallest absolute Gasteiger partial charge is 0.319 e. The highest BCUT2D eigenvalue weighted by Crippen LogP contribution is 2.30. The number of benzene rings is 1. The summed E-state index contributed by atoms with van der Waals surface area (Å²) in [5.74, 6) is -0.299. The van der Waals surface area contributed by atoms with Crippen molar-refractivity contribution in [2.75, 3.05) is 0 Å². The molecule has 3 amide bonds. The predicted molar refractivity (Wildman–Crippen MR) is 64.7 cm³/mol. The third-order valence-corrected chi connectivity index (χ3v) is 3.16. The van der Waals surface area contributed by atoms with Crippen molar-refractivity contribution >= 4 is 23.5 Å². The Labute approximate surface area is 104 Å². The first-order valence-electron chi connectivity index (χ1n) is 5.48. The van der Waals surface area contributed by atoms with Crippen molar-refractivity contribution in [2.24, 2.45) is 0 Å². The van der Waals surface area contributed by atoms with Crippen molar-refractivity contribution in [3.8, 4) is 0 Å². The number of hydrogen-bond acceptors (Lipinski definition) is 2. The van der Waals surface area contributed by atoms with Gasteiger partial charge in [-0.1, -0.05) is 37.1 Å². The van der Waals surface area contributed by atoms with E-state index in [-0.39, 0.29) is 5.91 Å². The van der Waals surface area contributed by atoms with E-state index in [2.05, 4.69) is 10.6 Å². The average Bonchev–Trinajstić information content (AvgIpc) is 2.56. The molecule has 90 valence electrons. The maximum absolute atomic E-state index is 12.0. The molecule has 17 heavy (non-hydrogen) atoms. The van der Waals surface area contributed by atoms with Gasteiger partial charge in [-0.3, -0.25) is 10.1 Å². The number of nitrogens with one attached hydrogen (secondary N) is 2. The second-order valence-corrected chi connectivity index (χ2v) is 4.51. The van der Waals surface area contributed by atoms with Gasteiger partial charge in [0.1, 0.15) is 5.54 Å². The summed E-state index contributed by atoms with van der Waals surface area (Å²) < 4.78 is 0. The Balaban J connectivity index is 2.44. The van der Waals surface area contributed by atoms with Gasteiger partial charge in [-0.2, -0.15) is 0 Å². The topological polar surface area (TPSA) is 58.2 Å². The van der Waals surface area contributed by atoms with Gasteiger partial charge in [-0.15, -0.1) is 0 Å². The van der Waals surface area contributed by atoms with E-state index in [0.717, 1.165) is 12.0 Å². The van der Waals surface area contributed by atoms with Gasteiger partial charge >= 0.3 is 6.03 Å². The summed E-state index contributed by atoms with van der Waals surface area (Å²) in [5, 5.41) is 5.60. The fourth-order valence-corrected chi connectivity index (χ4v) is 2.25. The predicted octanol–water partition coefficient (Wildman–Crippen LogP) is 2.17. The van der Waals surface area contributed by atoms with E-state index in [0.29, 0.717) is 11.4 Å². The van der Waals surface area contributed by atoms with E-state index in [4.69, 9.17) is 11.6 Å². The lowest BCUT2D eigenvalue weighted by Gasteiger charge is -2.26. The van der Waals surface area contributed by atoms with Crippen LogP contribution in [0.25, 0.3) is 0 Å². The van der Waals surface area contributed by atoms with Gasteiger partial charge in [0.2, 0.25) is 0 Å². The van der Waals surface area contributed by atoms with E-state index in [1.165, 1.54) is 0 Å². The third-order valence-electron chi connectivity index (χ3n) is 2.90. The Hall–Kier alpha value is -1.55. The van der Waals surface area contributed by atoms with Gasteiger partial charge < -0.3 is 5.32 Å². The van der Waals surface area contributed by atoms with Gasteiger partial charge in [0, 0.05) is 5.02 Å². The van der Waals surface area contributed by atoms with E-state index in [1.807, 2.05) is 6.92 Å². The van der Waals surface area contributed by atoms with Crippen LogP contribution in [-0.2, 0) is 10.3 Å². The number of hydrogen-bond donors (Lipinski definition) is 2. The fraction of sp³-hybridized carbons (Fsp3) is 0.333. The zero-order valence-corrected chi connectivity index (χ0v) is 10.2. The molecular formula is C12H13ClN2O2. The minimum Gasteiger partial charge on any atom is -0.319 e. The molecule has 0 radical (unpaired) electrons. The summed E-state index contributed by atoms with van der Waals surface area (Å²) >= 11 is 5.82. The molecule has 1 aromatic rings. The monoisotopic (exact) mass is 252 g/mol. The van der Waals surface area contributed by atoms with Gasteiger partial charge in [-0.05, 0) is 24.1 Å². The van der Waals surface area contributed by atoms with Crippen LogP contribution < -0.4 is 10.6 Å². The largest absolute Gasteiger partial charge is 0.322 e. The molecule has 1 aromatic carbocycles. The highest BCUT2D eigenvalue weighted by atomic mass is 35.5. The minimum absolute atomic E-state index is 0.299. The van der Waals surface area contributed by atoms with Gasteiger partial charge in [0.25, 0.3) is 5.91 Å². The van der Waals surface area contributed by atoms with Crippen LogP contribution in [0.3, 0.4) is 0 Å². The Morgan fingerprint density at radius 1 is 1.24 bits per heavy atom. The molecule has 1 aliphatic heterocycles. The lowest BCUT2D eigenvalue weighted by atomic mass is 9.86. The van der Waals surface area contributed by atoms with Crippen molar-refractivity contribution in [1.29, 1.82) is 0 Å². The second-order valence-electron chi connectivity index (χ2n) is 4.07. The first-order chi connectivity index (χ1) is 8.08. The summed E-state index contributed by atoms with van der Waals surface area (Å²) in [6.45, 7) is 1.97. The maximum Gasteiger partial charge on any atom is 0.322 e. The Bertz CT molecular complexity index is 458. The van der Waals surface area contributed by atoms with E-state index in [9.17, 15) is 9.59 Å². The molecule has 0 aliphatic carbocycles. The molecule has 1 atom stereocenters. The first-order valence-corrected chi connectivity index (χ1v) is 5.86. The molecule has 1 fully saturated rings. The van der Waals surface area contributed by atoms with Crippen molar-refractivity contribution in [3.05, 3.63) is 34.9 Å². The number of rotatable bonds is 3. The molecule has 0 aromatic heterocycles. The Kier molecular flexibility index (Phi) is 3.07. The fourth-order valence-electron chi connectivity index (χ4n) is 2.12. The summed E-state index contributed by atoms with van der Waals surface area (Å²) in [6, 6.07) is 6.52. The molecule has 2 N–H and O–H groups in total. The normalized spacial score (nSPS) is 23.4. The zero-order valence-electron chi connectivity index (χ0n) is 9.42. The molecule has 0 bridgehead atoms. The Morgan fingerprint density at radius 2 is 1.88 bits per heavy atom. The number of urea groups is 1. The van der Waals surface area contributed by atoms with Crippen LogP contribution in [0.2, 0.25) is 5.02 Å². The lowest BCUT2D eigenvalue weighted by Crippen LogP contribution is -2.43. The van der Waals surface area contributed by atoms with E-state index < -0.39 is 11.6 Å². The second kappa shape index (κ2) is 4.37. The van der Waals surface area contributed by atoms with Crippen molar-refractivity contribution in [2.45, 2.75) is 25.3 Å². The highest BCUT2D eigenvalue weighted by Gasteiger charge is 2.46. The van der Waals surface area contributed by atoms with Crippen LogP contribution in [0.1, 0.15) is 25.3 Å². The van der Waals surface area contributed by atoms with Gasteiger partial charge in [0.15, 0.2) is 0 Å².